The molecule has 0 aliphatic carbocycles. The first-order chi connectivity index (χ1) is 10.2. The summed E-state index contributed by atoms with van der Waals surface area (Å²) in [5.41, 5.74) is 1.16. The molecule has 2 N–H and O–H groups in total. The fourth-order valence-corrected chi connectivity index (χ4v) is 2.71. The predicted molar refractivity (Wildman–Crippen MR) is 89.1 cm³/mol. The third-order valence-corrected chi connectivity index (χ3v) is 3.76. The van der Waals surface area contributed by atoms with Gasteiger partial charge in [0.05, 0.1) is 18.2 Å². The molecule has 0 aliphatic rings. The molecule has 1 rings (SSSR count). The molecule has 120 valence electrons. The average Bonchev–Trinajstić information content (AvgIpc) is 2.48. The van der Waals surface area contributed by atoms with Crippen molar-refractivity contribution in [3.05, 3.63) is 22.2 Å². The maximum absolute atomic E-state index is 8.71. The highest BCUT2D eigenvalue weighted by Gasteiger charge is 2.10. The zero-order valence-electron chi connectivity index (χ0n) is 13.0. The number of aliphatic hydroxyl groups excluding tert-OH is 1. The van der Waals surface area contributed by atoms with Gasteiger partial charge in [0.15, 0.2) is 11.5 Å². The fourth-order valence-electron chi connectivity index (χ4n) is 2.11. The van der Waals surface area contributed by atoms with Gasteiger partial charge in [-0.3, -0.25) is 0 Å². The summed E-state index contributed by atoms with van der Waals surface area (Å²) in [5, 5.41) is 12.1. The van der Waals surface area contributed by atoms with E-state index >= 15 is 0 Å². The highest BCUT2D eigenvalue weighted by atomic mass is 79.9. The molecule has 1 aromatic rings. The lowest BCUT2D eigenvalue weighted by atomic mass is 10.2. The number of ether oxygens (including phenoxy) is 2. The van der Waals surface area contributed by atoms with Crippen LogP contribution in [-0.2, 0) is 6.54 Å². The molecule has 0 saturated heterocycles. The molecule has 0 fully saturated rings. The van der Waals surface area contributed by atoms with E-state index in [0.717, 1.165) is 60.3 Å². The summed E-state index contributed by atoms with van der Waals surface area (Å²) < 4.78 is 11.9. The first-order valence-electron chi connectivity index (χ1n) is 7.53. The van der Waals surface area contributed by atoms with Crippen molar-refractivity contribution in [1.82, 2.24) is 5.32 Å². The van der Waals surface area contributed by atoms with Crippen molar-refractivity contribution in [1.29, 1.82) is 0 Å². The number of hydrogen-bond donors (Lipinski definition) is 2. The zero-order valence-corrected chi connectivity index (χ0v) is 14.5. The molecule has 0 unspecified atom stereocenters. The lowest BCUT2D eigenvalue weighted by Crippen LogP contribution is -2.15. The molecule has 0 aromatic heterocycles. The van der Waals surface area contributed by atoms with Crippen molar-refractivity contribution in [2.24, 2.45) is 0 Å². The van der Waals surface area contributed by atoms with Gasteiger partial charge in [0, 0.05) is 13.2 Å². The van der Waals surface area contributed by atoms with E-state index < -0.39 is 0 Å². The standard InChI is InChI=1S/C16H26BrNO3/c1-3-21-16-14(17)10-13(11-15(16)20-2)12-18-8-6-4-5-7-9-19/h10-11,18-19H,3-9,12H2,1-2H3. The van der Waals surface area contributed by atoms with Crippen LogP contribution in [0.15, 0.2) is 16.6 Å². The van der Waals surface area contributed by atoms with Crippen LogP contribution in [-0.4, -0.2) is 32.0 Å². The molecule has 0 bridgehead atoms. The van der Waals surface area contributed by atoms with Crippen LogP contribution in [0, 0.1) is 0 Å². The second-order valence-corrected chi connectivity index (χ2v) is 5.71. The first kappa shape index (κ1) is 18.3. The number of benzene rings is 1. The van der Waals surface area contributed by atoms with Crippen molar-refractivity contribution < 1.29 is 14.6 Å². The first-order valence-corrected chi connectivity index (χ1v) is 8.33. The molecule has 0 spiro atoms. The average molecular weight is 360 g/mol. The van der Waals surface area contributed by atoms with E-state index in [1.54, 1.807) is 7.11 Å². The smallest absolute Gasteiger partial charge is 0.175 e. The Morgan fingerprint density at radius 1 is 1.19 bits per heavy atom. The number of nitrogens with one attached hydrogen (secondary N) is 1. The molecule has 0 aliphatic heterocycles. The van der Waals surface area contributed by atoms with Crippen LogP contribution in [0.2, 0.25) is 0 Å². The highest BCUT2D eigenvalue weighted by Crippen LogP contribution is 2.36. The van der Waals surface area contributed by atoms with Crippen LogP contribution in [0.3, 0.4) is 0 Å². The maximum atomic E-state index is 8.71. The van der Waals surface area contributed by atoms with E-state index in [9.17, 15) is 0 Å². The second kappa shape index (κ2) is 10.9. The van der Waals surface area contributed by atoms with E-state index in [2.05, 4.69) is 27.3 Å². The maximum Gasteiger partial charge on any atom is 0.175 e. The number of halogens is 1. The van der Waals surface area contributed by atoms with Gasteiger partial charge < -0.3 is 19.9 Å². The van der Waals surface area contributed by atoms with Crippen LogP contribution in [0.1, 0.15) is 38.2 Å². The third-order valence-electron chi connectivity index (χ3n) is 3.17. The molecular weight excluding hydrogens is 334 g/mol. The molecule has 0 amide bonds. The van der Waals surface area contributed by atoms with Crippen LogP contribution < -0.4 is 14.8 Å². The van der Waals surface area contributed by atoms with E-state index in [4.69, 9.17) is 14.6 Å². The van der Waals surface area contributed by atoms with E-state index in [0.29, 0.717) is 13.2 Å². The molecule has 1 aromatic carbocycles. The van der Waals surface area contributed by atoms with Gasteiger partial charge in [-0.25, -0.2) is 0 Å². The van der Waals surface area contributed by atoms with Gasteiger partial charge >= 0.3 is 0 Å². The lowest BCUT2D eigenvalue weighted by Gasteiger charge is -2.13. The Bertz CT molecular complexity index is 413. The molecule has 4 nitrogen and oxygen atoms in total. The van der Waals surface area contributed by atoms with E-state index in [1.807, 2.05) is 13.0 Å². The van der Waals surface area contributed by atoms with Crippen molar-refractivity contribution in [2.45, 2.75) is 39.2 Å². The van der Waals surface area contributed by atoms with Crippen LogP contribution in [0.4, 0.5) is 0 Å². The summed E-state index contributed by atoms with van der Waals surface area (Å²) in [7, 11) is 1.66. The summed E-state index contributed by atoms with van der Waals surface area (Å²) in [5.74, 6) is 1.51. The Labute approximate surface area is 136 Å². The second-order valence-electron chi connectivity index (χ2n) is 4.86. The van der Waals surface area contributed by atoms with Gasteiger partial charge in [0.25, 0.3) is 0 Å². The van der Waals surface area contributed by atoms with Crippen molar-refractivity contribution in [3.8, 4) is 11.5 Å². The Balaban J connectivity index is 2.43. The third kappa shape index (κ3) is 6.68. The quantitative estimate of drug-likeness (QED) is 0.593. The van der Waals surface area contributed by atoms with Gasteiger partial charge in [-0.05, 0) is 59.9 Å². The molecule has 0 atom stereocenters. The van der Waals surface area contributed by atoms with Gasteiger partial charge in [0.1, 0.15) is 0 Å². The molecular formula is C16H26BrNO3. The topological polar surface area (TPSA) is 50.7 Å². The monoisotopic (exact) mass is 359 g/mol. The van der Waals surface area contributed by atoms with Gasteiger partial charge in [0.2, 0.25) is 0 Å². The lowest BCUT2D eigenvalue weighted by molar-refractivity contribution is 0.282. The van der Waals surface area contributed by atoms with Crippen LogP contribution >= 0.6 is 15.9 Å². The van der Waals surface area contributed by atoms with Crippen LogP contribution in [0.5, 0.6) is 11.5 Å². The molecule has 0 radical (unpaired) electrons. The number of rotatable bonds is 11. The van der Waals surface area contributed by atoms with Gasteiger partial charge in [-0.2, -0.15) is 0 Å². The van der Waals surface area contributed by atoms with Crippen LogP contribution in [0.25, 0.3) is 0 Å². The molecule has 0 saturated carbocycles. The summed E-state index contributed by atoms with van der Waals surface area (Å²) in [6.45, 7) is 4.66. The number of aliphatic hydroxyl groups is 1. The molecule has 0 heterocycles. The minimum atomic E-state index is 0.299. The minimum Gasteiger partial charge on any atom is -0.493 e. The Kier molecular flexibility index (Phi) is 9.46. The summed E-state index contributed by atoms with van der Waals surface area (Å²) >= 11 is 3.53. The summed E-state index contributed by atoms with van der Waals surface area (Å²) in [6.07, 6.45) is 4.29. The Hall–Kier alpha value is -0.780. The van der Waals surface area contributed by atoms with Crippen molar-refractivity contribution in [3.63, 3.8) is 0 Å². The van der Waals surface area contributed by atoms with Gasteiger partial charge in [-0.15, -0.1) is 0 Å². The number of hydrogen-bond acceptors (Lipinski definition) is 4. The van der Waals surface area contributed by atoms with Crippen molar-refractivity contribution in [2.75, 3.05) is 26.9 Å². The fraction of sp³-hybridized carbons (Fsp3) is 0.625. The molecule has 21 heavy (non-hydrogen) atoms. The normalized spacial score (nSPS) is 10.7. The Morgan fingerprint density at radius 2 is 1.95 bits per heavy atom. The number of methoxy groups -OCH3 is 1. The SMILES string of the molecule is CCOc1c(Br)cc(CNCCCCCCO)cc1OC. The molecule has 5 heteroatoms. The summed E-state index contributed by atoms with van der Waals surface area (Å²) in [6, 6.07) is 4.07. The minimum absolute atomic E-state index is 0.299. The van der Waals surface area contributed by atoms with Crippen molar-refractivity contribution >= 4 is 15.9 Å². The van der Waals surface area contributed by atoms with E-state index in [-0.39, 0.29) is 0 Å². The zero-order chi connectivity index (χ0) is 15.5. The summed E-state index contributed by atoms with van der Waals surface area (Å²) in [4.78, 5) is 0. The van der Waals surface area contributed by atoms with Gasteiger partial charge in [-0.1, -0.05) is 12.8 Å². The Morgan fingerprint density at radius 3 is 2.62 bits per heavy atom. The predicted octanol–water partition coefficient (Wildman–Crippen LogP) is 3.50. The highest BCUT2D eigenvalue weighted by molar-refractivity contribution is 9.10. The van der Waals surface area contributed by atoms with E-state index in [1.165, 1.54) is 0 Å². The largest absolute Gasteiger partial charge is 0.493 e. The number of unbranched alkanes of at least 4 members (excludes halogenated alkanes) is 3.